The van der Waals surface area contributed by atoms with Gasteiger partial charge in [-0.15, -0.1) is 5.10 Å². The van der Waals surface area contributed by atoms with Crippen molar-refractivity contribution in [1.82, 2.24) is 25.7 Å². The van der Waals surface area contributed by atoms with Gasteiger partial charge < -0.3 is 19.2 Å². The van der Waals surface area contributed by atoms with E-state index < -0.39 is 0 Å². The van der Waals surface area contributed by atoms with Gasteiger partial charge in [-0.1, -0.05) is 5.16 Å². The Morgan fingerprint density at radius 1 is 1.33 bits per heavy atom. The SMILES string of the molecule is c1cnnc(N2CCC[C@@H]2CNCc2nc(-c3ccoc3)no2)c1. The van der Waals surface area contributed by atoms with E-state index >= 15 is 0 Å². The molecule has 0 saturated carbocycles. The molecule has 1 aliphatic rings. The molecule has 1 fully saturated rings. The lowest BCUT2D eigenvalue weighted by Gasteiger charge is -2.25. The van der Waals surface area contributed by atoms with Crippen molar-refractivity contribution < 1.29 is 8.94 Å². The van der Waals surface area contributed by atoms with Crippen LogP contribution in [0.25, 0.3) is 11.4 Å². The topological polar surface area (TPSA) is 93.1 Å². The molecule has 1 saturated heterocycles. The highest BCUT2D eigenvalue weighted by molar-refractivity contribution is 5.51. The van der Waals surface area contributed by atoms with E-state index in [0.29, 0.717) is 24.3 Å². The predicted octanol–water partition coefficient (Wildman–Crippen LogP) is 1.88. The van der Waals surface area contributed by atoms with Crippen molar-refractivity contribution in [3.05, 3.63) is 42.8 Å². The van der Waals surface area contributed by atoms with Crippen LogP contribution >= 0.6 is 0 Å². The Morgan fingerprint density at radius 3 is 3.17 bits per heavy atom. The summed E-state index contributed by atoms with van der Waals surface area (Å²) in [5, 5.41) is 15.5. The van der Waals surface area contributed by atoms with Gasteiger partial charge in [-0.3, -0.25) is 0 Å². The van der Waals surface area contributed by atoms with Crippen molar-refractivity contribution in [2.45, 2.75) is 25.4 Å². The fourth-order valence-corrected chi connectivity index (χ4v) is 2.98. The van der Waals surface area contributed by atoms with Crippen LogP contribution in [0.1, 0.15) is 18.7 Å². The van der Waals surface area contributed by atoms with Crippen LogP contribution in [0, 0.1) is 0 Å². The van der Waals surface area contributed by atoms with E-state index in [1.807, 2.05) is 12.1 Å². The first-order chi connectivity index (χ1) is 11.9. The van der Waals surface area contributed by atoms with Gasteiger partial charge in [0.15, 0.2) is 5.82 Å². The summed E-state index contributed by atoms with van der Waals surface area (Å²) in [5.74, 6) is 2.04. The van der Waals surface area contributed by atoms with Gasteiger partial charge in [-0.2, -0.15) is 10.1 Å². The minimum Gasteiger partial charge on any atom is -0.472 e. The standard InChI is InChI=1S/C16H18N6O2/c1-4-14(20-18-6-1)22-7-2-3-13(22)9-17-10-15-19-16(21-24-15)12-5-8-23-11-12/h1,4-6,8,11,13,17H,2-3,7,9-10H2/t13-/m1/s1. The second-order valence-electron chi connectivity index (χ2n) is 5.73. The Balaban J connectivity index is 1.32. The first kappa shape index (κ1) is 14.8. The molecule has 0 aliphatic carbocycles. The van der Waals surface area contributed by atoms with Crippen LogP contribution in [0.3, 0.4) is 0 Å². The van der Waals surface area contributed by atoms with Crippen LogP contribution in [0.2, 0.25) is 0 Å². The number of hydrogen-bond acceptors (Lipinski definition) is 8. The highest BCUT2D eigenvalue weighted by Gasteiger charge is 2.25. The zero-order chi connectivity index (χ0) is 16.2. The average molecular weight is 326 g/mol. The molecule has 1 aliphatic heterocycles. The molecular formula is C16H18N6O2. The smallest absolute Gasteiger partial charge is 0.240 e. The van der Waals surface area contributed by atoms with Gasteiger partial charge in [-0.25, -0.2) is 0 Å². The molecule has 0 radical (unpaired) electrons. The van der Waals surface area contributed by atoms with Crippen LogP contribution in [-0.4, -0.2) is 39.5 Å². The van der Waals surface area contributed by atoms with Gasteiger partial charge in [-0.05, 0) is 31.0 Å². The molecular weight excluding hydrogens is 308 g/mol. The third-order valence-electron chi connectivity index (χ3n) is 4.13. The maximum atomic E-state index is 5.26. The van der Waals surface area contributed by atoms with E-state index in [9.17, 15) is 0 Å². The van der Waals surface area contributed by atoms with E-state index in [2.05, 4.69) is 30.6 Å². The number of rotatable bonds is 6. The lowest BCUT2D eigenvalue weighted by molar-refractivity contribution is 0.365. The second kappa shape index (κ2) is 6.79. The molecule has 1 N–H and O–H groups in total. The highest BCUT2D eigenvalue weighted by Crippen LogP contribution is 2.22. The number of aromatic nitrogens is 4. The maximum Gasteiger partial charge on any atom is 0.240 e. The van der Waals surface area contributed by atoms with Crippen molar-refractivity contribution in [3.8, 4) is 11.4 Å². The molecule has 24 heavy (non-hydrogen) atoms. The molecule has 124 valence electrons. The fraction of sp³-hybridized carbons (Fsp3) is 0.375. The van der Waals surface area contributed by atoms with Gasteiger partial charge in [0, 0.05) is 25.3 Å². The Kier molecular flexibility index (Phi) is 4.20. The van der Waals surface area contributed by atoms with Crippen LogP contribution in [0.4, 0.5) is 5.82 Å². The molecule has 0 amide bonds. The number of nitrogens with one attached hydrogen (secondary N) is 1. The summed E-state index contributed by atoms with van der Waals surface area (Å²) in [6.07, 6.45) is 7.17. The Labute approximate surface area is 138 Å². The van der Waals surface area contributed by atoms with Crippen LogP contribution < -0.4 is 10.2 Å². The second-order valence-corrected chi connectivity index (χ2v) is 5.73. The first-order valence-electron chi connectivity index (χ1n) is 8.00. The lowest BCUT2D eigenvalue weighted by atomic mass is 10.2. The maximum absolute atomic E-state index is 5.26. The van der Waals surface area contributed by atoms with E-state index in [4.69, 9.17) is 8.94 Å². The molecule has 8 heteroatoms. The molecule has 0 unspecified atom stereocenters. The Bertz CT molecular complexity index is 758. The lowest BCUT2D eigenvalue weighted by Crippen LogP contribution is -2.38. The van der Waals surface area contributed by atoms with Gasteiger partial charge >= 0.3 is 0 Å². The van der Waals surface area contributed by atoms with Crippen molar-refractivity contribution in [2.24, 2.45) is 0 Å². The minimum absolute atomic E-state index is 0.401. The third-order valence-corrected chi connectivity index (χ3v) is 4.13. The summed E-state index contributed by atoms with van der Waals surface area (Å²) < 4.78 is 10.3. The van der Waals surface area contributed by atoms with Crippen LogP contribution in [0.15, 0.2) is 45.9 Å². The molecule has 0 bridgehead atoms. The molecule has 4 rings (SSSR count). The number of hydrogen-bond donors (Lipinski definition) is 1. The molecule has 3 aromatic rings. The Morgan fingerprint density at radius 2 is 2.33 bits per heavy atom. The summed E-state index contributed by atoms with van der Waals surface area (Å²) in [6, 6.07) is 6.12. The summed E-state index contributed by atoms with van der Waals surface area (Å²) >= 11 is 0. The van der Waals surface area contributed by atoms with Crippen LogP contribution in [0.5, 0.6) is 0 Å². The highest BCUT2D eigenvalue weighted by atomic mass is 16.5. The largest absolute Gasteiger partial charge is 0.472 e. The van der Waals surface area contributed by atoms with E-state index in [0.717, 1.165) is 37.3 Å². The van der Waals surface area contributed by atoms with Crippen molar-refractivity contribution in [2.75, 3.05) is 18.0 Å². The predicted molar refractivity (Wildman–Crippen MR) is 86.1 cm³/mol. The van der Waals surface area contributed by atoms with E-state index in [-0.39, 0.29) is 0 Å². The number of nitrogens with zero attached hydrogens (tertiary/aromatic N) is 5. The Hall–Kier alpha value is -2.74. The summed E-state index contributed by atoms with van der Waals surface area (Å²) in [7, 11) is 0. The van der Waals surface area contributed by atoms with Gasteiger partial charge in [0.2, 0.25) is 11.7 Å². The van der Waals surface area contributed by atoms with Crippen molar-refractivity contribution >= 4 is 5.82 Å². The normalized spacial score (nSPS) is 17.5. The molecule has 8 nitrogen and oxygen atoms in total. The molecule has 1 atom stereocenters. The van der Waals surface area contributed by atoms with E-state index in [1.165, 1.54) is 0 Å². The fourth-order valence-electron chi connectivity index (χ4n) is 2.98. The quantitative estimate of drug-likeness (QED) is 0.734. The van der Waals surface area contributed by atoms with Crippen molar-refractivity contribution in [1.29, 1.82) is 0 Å². The monoisotopic (exact) mass is 326 g/mol. The third kappa shape index (κ3) is 3.13. The van der Waals surface area contributed by atoms with Gasteiger partial charge in [0.25, 0.3) is 0 Å². The molecule has 3 aromatic heterocycles. The zero-order valence-corrected chi connectivity index (χ0v) is 13.1. The minimum atomic E-state index is 0.401. The van der Waals surface area contributed by atoms with Crippen molar-refractivity contribution in [3.63, 3.8) is 0 Å². The molecule has 4 heterocycles. The summed E-state index contributed by atoms with van der Waals surface area (Å²) in [6.45, 7) is 2.38. The van der Waals surface area contributed by atoms with Crippen LogP contribution in [-0.2, 0) is 6.54 Å². The van der Waals surface area contributed by atoms with Gasteiger partial charge in [0.05, 0.1) is 18.4 Å². The number of anilines is 1. The summed E-state index contributed by atoms with van der Waals surface area (Å²) in [4.78, 5) is 6.65. The summed E-state index contributed by atoms with van der Waals surface area (Å²) in [5.41, 5.74) is 0.814. The first-order valence-corrected chi connectivity index (χ1v) is 8.00. The average Bonchev–Trinajstić information content (AvgIpc) is 3.37. The molecule has 0 aromatic carbocycles. The zero-order valence-electron chi connectivity index (χ0n) is 13.1. The van der Waals surface area contributed by atoms with Gasteiger partial charge in [0.1, 0.15) is 6.26 Å². The van der Waals surface area contributed by atoms with E-state index in [1.54, 1.807) is 24.8 Å². The number of furan rings is 1. The molecule has 0 spiro atoms.